The third-order valence-corrected chi connectivity index (χ3v) is 5.51. The average molecular weight is 441 g/mol. The fourth-order valence-corrected chi connectivity index (χ4v) is 3.87. The van der Waals surface area contributed by atoms with E-state index in [1.165, 1.54) is 13.0 Å². The molecule has 0 amide bonds. The number of rotatable bonds is 6. The van der Waals surface area contributed by atoms with Gasteiger partial charge < -0.3 is 9.73 Å². The minimum atomic E-state index is -4.01. The maximum Gasteiger partial charge on any atom is 0.331 e. The number of anilines is 2. The van der Waals surface area contributed by atoms with E-state index >= 15 is 0 Å². The van der Waals surface area contributed by atoms with Crippen LogP contribution in [0.5, 0.6) is 0 Å². The molecule has 2 aromatic carbocycles. The zero-order valence-corrected chi connectivity index (χ0v) is 15.9. The molecule has 2 N–H and O–H groups in total. The second kappa shape index (κ2) is 7.42. The summed E-state index contributed by atoms with van der Waals surface area (Å²) in [5, 5.41) is 10.3. The Morgan fingerprint density at radius 3 is 2.58 bits per heavy atom. The summed E-state index contributed by atoms with van der Waals surface area (Å²) in [6, 6.07) is 11.6. The van der Waals surface area contributed by atoms with Gasteiger partial charge in [-0.1, -0.05) is 40.5 Å². The molecule has 10 heteroatoms. The fraction of sp³-hybridized carbons (Fsp3) is 0.125. The van der Waals surface area contributed by atoms with Crippen molar-refractivity contribution in [2.45, 2.75) is 18.4 Å². The standard InChI is InChI=1S/C16H14BrFN4O3S/c1-10-7-13(18)12(17)8-14(10)26(23,24)22-16-21-20-15(25-16)19-9-11-5-3-2-4-6-11/h2-8H,9H2,1H3,(H,19,20)(H,21,22). The van der Waals surface area contributed by atoms with E-state index in [2.05, 4.69) is 36.2 Å². The number of nitrogens with one attached hydrogen (secondary N) is 2. The molecule has 0 spiro atoms. The molecule has 1 heterocycles. The Morgan fingerprint density at radius 1 is 1.15 bits per heavy atom. The van der Waals surface area contributed by atoms with E-state index in [1.807, 2.05) is 30.3 Å². The molecule has 136 valence electrons. The summed E-state index contributed by atoms with van der Waals surface area (Å²) in [4.78, 5) is -0.0947. The fourth-order valence-electron chi connectivity index (χ4n) is 2.20. The highest BCUT2D eigenvalue weighted by atomic mass is 79.9. The molecule has 0 fully saturated rings. The van der Waals surface area contributed by atoms with Crippen molar-refractivity contribution in [1.82, 2.24) is 10.2 Å². The summed E-state index contributed by atoms with van der Waals surface area (Å²) in [6.07, 6.45) is 0. The van der Waals surface area contributed by atoms with Crippen LogP contribution in [0.25, 0.3) is 0 Å². The van der Waals surface area contributed by atoms with Gasteiger partial charge in [0.25, 0.3) is 10.0 Å². The van der Waals surface area contributed by atoms with Crippen LogP contribution < -0.4 is 10.0 Å². The molecule has 0 radical (unpaired) electrons. The molecule has 0 bridgehead atoms. The van der Waals surface area contributed by atoms with Crippen LogP contribution in [0.3, 0.4) is 0 Å². The van der Waals surface area contributed by atoms with E-state index in [9.17, 15) is 12.8 Å². The maximum atomic E-state index is 13.5. The third-order valence-electron chi connectivity index (χ3n) is 3.44. The van der Waals surface area contributed by atoms with Gasteiger partial charge in [-0.25, -0.2) is 17.5 Å². The lowest BCUT2D eigenvalue weighted by Crippen LogP contribution is -2.15. The molecule has 7 nitrogen and oxygen atoms in total. The van der Waals surface area contributed by atoms with E-state index in [4.69, 9.17) is 4.42 Å². The van der Waals surface area contributed by atoms with Crippen molar-refractivity contribution in [3.8, 4) is 0 Å². The first-order valence-electron chi connectivity index (χ1n) is 7.45. The molecule has 26 heavy (non-hydrogen) atoms. The van der Waals surface area contributed by atoms with E-state index in [-0.39, 0.29) is 27.0 Å². The zero-order valence-electron chi connectivity index (χ0n) is 13.5. The zero-order chi connectivity index (χ0) is 18.7. The van der Waals surface area contributed by atoms with Crippen LogP contribution in [0.2, 0.25) is 0 Å². The largest absolute Gasteiger partial charge is 0.389 e. The van der Waals surface area contributed by atoms with Crippen molar-refractivity contribution in [2.24, 2.45) is 0 Å². The number of sulfonamides is 1. The van der Waals surface area contributed by atoms with Gasteiger partial charge in [0.05, 0.1) is 9.37 Å². The van der Waals surface area contributed by atoms with Gasteiger partial charge in [-0.15, -0.1) is 0 Å². The minimum absolute atomic E-state index is 0.0409. The first-order valence-corrected chi connectivity index (χ1v) is 9.72. The second-order valence-electron chi connectivity index (χ2n) is 5.39. The summed E-state index contributed by atoms with van der Waals surface area (Å²) in [6.45, 7) is 1.93. The van der Waals surface area contributed by atoms with Crippen LogP contribution >= 0.6 is 15.9 Å². The second-order valence-corrected chi connectivity index (χ2v) is 7.89. The van der Waals surface area contributed by atoms with E-state index in [0.29, 0.717) is 6.54 Å². The van der Waals surface area contributed by atoms with Gasteiger partial charge in [0, 0.05) is 6.54 Å². The predicted octanol–water partition coefficient (Wildman–Crippen LogP) is 3.69. The molecule has 0 aliphatic rings. The molecule has 3 rings (SSSR count). The molecule has 3 aromatic rings. The van der Waals surface area contributed by atoms with Gasteiger partial charge in [0.2, 0.25) is 0 Å². The Bertz CT molecular complexity index is 1030. The van der Waals surface area contributed by atoms with Crippen LogP contribution in [0.1, 0.15) is 11.1 Å². The lowest BCUT2D eigenvalue weighted by molar-refractivity contribution is 0.574. The molecule has 0 aliphatic carbocycles. The number of halogens is 2. The van der Waals surface area contributed by atoms with Gasteiger partial charge in [0.15, 0.2) is 0 Å². The van der Waals surface area contributed by atoms with E-state index in [1.54, 1.807) is 0 Å². The Balaban J connectivity index is 1.73. The molecule has 0 aliphatic heterocycles. The van der Waals surface area contributed by atoms with Crippen molar-refractivity contribution >= 4 is 38.0 Å². The summed E-state index contributed by atoms with van der Waals surface area (Å²) < 4.78 is 45.9. The SMILES string of the molecule is Cc1cc(F)c(Br)cc1S(=O)(=O)Nc1nnc(NCc2ccccc2)o1. The number of aromatic nitrogens is 2. The van der Waals surface area contributed by atoms with Gasteiger partial charge in [-0.2, -0.15) is 0 Å². The van der Waals surface area contributed by atoms with E-state index < -0.39 is 15.8 Å². The monoisotopic (exact) mass is 440 g/mol. The molecule has 0 unspecified atom stereocenters. The number of nitrogens with zero attached hydrogens (tertiary/aromatic N) is 2. The summed E-state index contributed by atoms with van der Waals surface area (Å²) in [5.41, 5.74) is 1.25. The molecule has 0 atom stereocenters. The van der Waals surface area contributed by atoms with Crippen molar-refractivity contribution in [3.63, 3.8) is 0 Å². The molecule has 0 saturated heterocycles. The highest BCUT2D eigenvalue weighted by Crippen LogP contribution is 2.25. The lowest BCUT2D eigenvalue weighted by Gasteiger charge is -2.08. The summed E-state index contributed by atoms with van der Waals surface area (Å²) >= 11 is 2.98. The number of aryl methyl sites for hydroxylation is 1. The first kappa shape index (κ1) is 18.3. The first-order chi connectivity index (χ1) is 12.3. The van der Waals surface area contributed by atoms with Crippen LogP contribution in [-0.2, 0) is 16.6 Å². The Labute approximate surface area is 157 Å². The van der Waals surface area contributed by atoms with Crippen molar-refractivity contribution in [3.05, 3.63) is 63.9 Å². The topological polar surface area (TPSA) is 97.1 Å². The number of benzene rings is 2. The minimum Gasteiger partial charge on any atom is -0.389 e. The summed E-state index contributed by atoms with van der Waals surface area (Å²) in [5.74, 6) is -0.549. The highest BCUT2D eigenvalue weighted by molar-refractivity contribution is 9.10. The smallest absolute Gasteiger partial charge is 0.331 e. The quantitative estimate of drug-likeness (QED) is 0.606. The van der Waals surface area contributed by atoms with Crippen LogP contribution in [0, 0.1) is 12.7 Å². The highest BCUT2D eigenvalue weighted by Gasteiger charge is 2.21. The maximum absolute atomic E-state index is 13.5. The number of hydrogen-bond acceptors (Lipinski definition) is 6. The van der Waals surface area contributed by atoms with Crippen molar-refractivity contribution < 1.29 is 17.2 Å². The molecular formula is C16H14BrFN4O3S. The van der Waals surface area contributed by atoms with Crippen LogP contribution in [-0.4, -0.2) is 18.6 Å². The normalized spacial score (nSPS) is 11.3. The summed E-state index contributed by atoms with van der Waals surface area (Å²) in [7, 11) is -4.01. The number of hydrogen-bond donors (Lipinski definition) is 2. The van der Waals surface area contributed by atoms with Crippen molar-refractivity contribution in [2.75, 3.05) is 10.0 Å². The molecule has 0 saturated carbocycles. The Kier molecular flexibility index (Phi) is 5.23. The van der Waals surface area contributed by atoms with Crippen LogP contribution in [0.4, 0.5) is 16.4 Å². The lowest BCUT2D eigenvalue weighted by atomic mass is 10.2. The average Bonchev–Trinajstić information content (AvgIpc) is 3.03. The Hall–Kier alpha value is -2.46. The molecular weight excluding hydrogens is 427 g/mol. The van der Waals surface area contributed by atoms with Crippen LogP contribution in [0.15, 0.2) is 56.2 Å². The van der Waals surface area contributed by atoms with Gasteiger partial charge in [0.1, 0.15) is 5.82 Å². The predicted molar refractivity (Wildman–Crippen MR) is 97.7 cm³/mol. The van der Waals surface area contributed by atoms with Gasteiger partial charge in [-0.05, 0) is 46.1 Å². The van der Waals surface area contributed by atoms with Gasteiger partial charge in [-0.3, -0.25) is 0 Å². The molecule has 1 aromatic heterocycles. The van der Waals surface area contributed by atoms with Gasteiger partial charge >= 0.3 is 12.0 Å². The Morgan fingerprint density at radius 2 is 1.85 bits per heavy atom. The third kappa shape index (κ3) is 4.20. The van der Waals surface area contributed by atoms with E-state index in [0.717, 1.165) is 11.6 Å². The van der Waals surface area contributed by atoms with Crippen molar-refractivity contribution in [1.29, 1.82) is 0 Å².